The van der Waals surface area contributed by atoms with Crippen LogP contribution in [0.15, 0.2) is 42.7 Å². The largest absolute Gasteiger partial charge is 0.494 e. The maximum Gasteiger partial charge on any atom is 0.247 e. The highest BCUT2D eigenvalue weighted by molar-refractivity contribution is 6.03. The first-order chi connectivity index (χ1) is 19.9. The van der Waals surface area contributed by atoms with Gasteiger partial charge in [-0.15, -0.1) is 0 Å². The summed E-state index contributed by atoms with van der Waals surface area (Å²) in [6.45, 7) is 7.73. The van der Waals surface area contributed by atoms with Crippen LogP contribution in [0.2, 0.25) is 0 Å². The maximum absolute atomic E-state index is 14.3. The Morgan fingerprint density at radius 3 is 2.52 bits per heavy atom. The van der Waals surface area contributed by atoms with Crippen molar-refractivity contribution in [3.63, 3.8) is 0 Å². The topological polar surface area (TPSA) is 138 Å². The number of methoxy groups -OCH3 is 1. The van der Waals surface area contributed by atoms with Gasteiger partial charge in [0.15, 0.2) is 0 Å². The molecular weight excluding hydrogens is 541 g/mol. The van der Waals surface area contributed by atoms with Gasteiger partial charge in [-0.05, 0) is 50.4 Å². The molecule has 0 spiro atoms. The van der Waals surface area contributed by atoms with Crippen LogP contribution in [0.5, 0.6) is 5.75 Å². The second-order valence-corrected chi connectivity index (χ2v) is 11.4. The highest BCUT2D eigenvalue weighted by Gasteiger charge is 2.42. The smallest absolute Gasteiger partial charge is 0.247 e. The molecule has 4 N–H and O–H groups in total. The van der Waals surface area contributed by atoms with Gasteiger partial charge in [-0.2, -0.15) is 0 Å². The number of amides is 3. The number of rotatable bonds is 9. The Kier molecular flexibility index (Phi) is 9.25. The van der Waals surface area contributed by atoms with Gasteiger partial charge in [0.2, 0.25) is 17.7 Å². The molecular formula is C30H38FN7O4. The molecule has 0 radical (unpaired) electrons. The van der Waals surface area contributed by atoms with Crippen molar-refractivity contribution in [2.45, 2.75) is 58.7 Å². The fourth-order valence-electron chi connectivity index (χ4n) is 4.87. The molecule has 1 aromatic heterocycles. The van der Waals surface area contributed by atoms with E-state index in [1.807, 2.05) is 20.8 Å². The minimum Gasteiger partial charge on any atom is -0.494 e. The number of para-hydroxylation sites is 1. The van der Waals surface area contributed by atoms with E-state index in [0.29, 0.717) is 47.5 Å². The minimum atomic E-state index is -0.825. The number of benzene rings is 2. The first-order valence-electron chi connectivity index (χ1n) is 13.9. The van der Waals surface area contributed by atoms with Gasteiger partial charge in [0, 0.05) is 18.0 Å². The lowest BCUT2D eigenvalue weighted by Crippen LogP contribution is -2.59. The van der Waals surface area contributed by atoms with Crippen molar-refractivity contribution in [3.05, 3.63) is 48.5 Å². The molecule has 1 fully saturated rings. The summed E-state index contributed by atoms with van der Waals surface area (Å²) < 4.78 is 19.9. The standard InChI is InChI=1S/C30H38FN7O4/c1-17(32-5)27(39)37-25(30(2,3)4)29(41)38-13-9-12-23(38)28(40)36-22-14-18-21(15-24(22)42-6)33-16-34-26(18)35-20-11-8-7-10-19(20)31/h7-8,10-11,14-17,23,25,32H,9,12-13H2,1-6H3,(H,36,40)(H,37,39)(H,33,34,35)/t17-,23?,25+/m0/s1. The van der Waals surface area contributed by atoms with Crippen molar-refractivity contribution in [1.82, 2.24) is 25.5 Å². The van der Waals surface area contributed by atoms with E-state index in [2.05, 4.69) is 31.2 Å². The number of anilines is 3. The van der Waals surface area contributed by atoms with Crippen LogP contribution in [0.1, 0.15) is 40.5 Å². The molecule has 3 amide bonds. The molecule has 0 aliphatic carbocycles. The SMILES string of the molecule is CN[C@@H](C)C(=O)N[C@H](C(=O)N1CCCC1C(=O)Nc1cc2c(Nc3ccccc3F)ncnc2cc1OC)C(C)(C)C. The molecule has 11 nitrogen and oxygen atoms in total. The Bertz CT molecular complexity index is 1480. The second kappa shape index (κ2) is 12.7. The van der Waals surface area contributed by atoms with Crippen molar-refractivity contribution in [3.8, 4) is 5.75 Å². The van der Waals surface area contributed by atoms with Gasteiger partial charge >= 0.3 is 0 Å². The van der Waals surface area contributed by atoms with Crippen LogP contribution in [-0.4, -0.2) is 71.4 Å². The van der Waals surface area contributed by atoms with Gasteiger partial charge in [-0.25, -0.2) is 14.4 Å². The van der Waals surface area contributed by atoms with E-state index in [0.717, 1.165) is 0 Å². The molecule has 2 heterocycles. The number of carbonyl (C=O) groups is 3. The summed E-state index contributed by atoms with van der Waals surface area (Å²) in [5.74, 6) is -0.728. The first-order valence-corrected chi connectivity index (χ1v) is 13.9. The second-order valence-electron chi connectivity index (χ2n) is 11.4. The number of nitrogens with one attached hydrogen (secondary N) is 4. The van der Waals surface area contributed by atoms with Gasteiger partial charge < -0.3 is 30.9 Å². The molecule has 1 aliphatic rings. The quantitative estimate of drug-likeness (QED) is 0.302. The fraction of sp³-hybridized carbons (Fsp3) is 0.433. The Morgan fingerprint density at radius 2 is 1.86 bits per heavy atom. The number of halogens is 1. The van der Waals surface area contributed by atoms with Crippen LogP contribution in [0.25, 0.3) is 10.9 Å². The number of hydrogen-bond acceptors (Lipinski definition) is 8. The first kappa shape index (κ1) is 30.6. The summed E-state index contributed by atoms with van der Waals surface area (Å²) in [6, 6.07) is 7.49. The molecule has 3 aromatic rings. The Labute approximate surface area is 244 Å². The summed E-state index contributed by atoms with van der Waals surface area (Å²) in [5, 5.41) is 12.2. The van der Waals surface area contributed by atoms with Crippen molar-refractivity contribution in [2.75, 3.05) is 31.3 Å². The predicted octanol–water partition coefficient (Wildman–Crippen LogP) is 3.59. The van der Waals surface area contributed by atoms with Crippen LogP contribution in [0.4, 0.5) is 21.6 Å². The van der Waals surface area contributed by atoms with Crippen LogP contribution < -0.4 is 26.0 Å². The molecule has 1 aliphatic heterocycles. The number of nitrogens with zero attached hydrogens (tertiary/aromatic N) is 3. The number of carbonyl (C=O) groups excluding carboxylic acids is 3. The van der Waals surface area contributed by atoms with Crippen molar-refractivity contribution in [2.24, 2.45) is 5.41 Å². The summed E-state index contributed by atoms with van der Waals surface area (Å²) >= 11 is 0. The highest BCUT2D eigenvalue weighted by atomic mass is 19.1. The molecule has 2 aromatic carbocycles. The van der Waals surface area contributed by atoms with Gasteiger partial charge in [0.05, 0.1) is 30.0 Å². The van der Waals surface area contributed by atoms with E-state index in [1.165, 1.54) is 24.4 Å². The monoisotopic (exact) mass is 579 g/mol. The van der Waals surface area contributed by atoms with E-state index in [-0.39, 0.29) is 23.4 Å². The molecule has 224 valence electrons. The molecule has 0 saturated carbocycles. The maximum atomic E-state index is 14.3. The number of likely N-dealkylation sites (N-methyl/N-ethyl adjacent to an activating group) is 1. The van der Waals surface area contributed by atoms with E-state index in [9.17, 15) is 18.8 Å². The Hall–Kier alpha value is -4.32. The lowest BCUT2D eigenvalue weighted by atomic mass is 9.85. The number of likely N-dealkylation sites (tertiary alicyclic amines) is 1. The van der Waals surface area contributed by atoms with E-state index >= 15 is 0 Å². The van der Waals surface area contributed by atoms with Gasteiger partial charge in [0.25, 0.3) is 0 Å². The summed E-state index contributed by atoms with van der Waals surface area (Å²) in [4.78, 5) is 50.2. The number of fused-ring (bicyclic) bond motifs is 1. The summed E-state index contributed by atoms with van der Waals surface area (Å²) in [5.41, 5.74) is 0.524. The van der Waals surface area contributed by atoms with Gasteiger partial charge in [-0.3, -0.25) is 14.4 Å². The van der Waals surface area contributed by atoms with Crippen molar-refractivity contribution < 1.29 is 23.5 Å². The third-order valence-electron chi connectivity index (χ3n) is 7.41. The Balaban J connectivity index is 1.60. The third-order valence-corrected chi connectivity index (χ3v) is 7.41. The average Bonchev–Trinajstić information content (AvgIpc) is 3.46. The fourth-order valence-corrected chi connectivity index (χ4v) is 4.87. The van der Waals surface area contributed by atoms with E-state index in [4.69, 9.17) is 4.74 Å². The molecule has 0 bridgehead atoms. The van der Waals surface area contributed by atoms with Gasteiger partial charge in [-0.1, -0.05) is 32.9 Å². The van der Waals surface area contributed by atoms with Crippen LogP contribution in [-0.2, 0) is 14.4 Å². The van der Waals surface area contributed by atoms with Crippen LogP contribution >= 0.6 is 0 Å². The highest BCUT2D eigenvalue weighted by Crippen LogP contribution is 2.34. The third kappa shape index (κ3) is 6.59. The van der Waals surface area contributed by atoms with Gasteiger partial charge in [0.1, 0.15) is 35.8 Å². The van der Waals surface area contributed by atoms with E-state index < -0.39 is 29.4 Å². The summed E-state index contributed by atoms with van der Waals surface area (Å²) in [6.07, 6.45) is 2.46. The lowest BCUT2D eigenvalue weighted by Gasteiger charge is -2.36. The predicted molar refractivity (Wildman–Crippen MR) is 159 cm³/mol. The zero-order valence-electron chi connectivity index (χ0n) is 24.7. The zero-order valence-corrected chi connectivity index (χ0v) is 24.7. The Morgan fingerprint density at radius 1 is 1.12 bits per heavy atom. The summed E-state index contributed by atoms with van der Waals surface area (Å²) in [7, 11) is 3.15. The molecule has 42 heavy (non-hydrogen) atoms. The molecule has 3 atom stereocenters. The van der Waals surface area contributed by atoms with Crippen molar-refractivity contribution >= 4 is 45.8 Å². The lowest BCUT2D eigenvalue weighted by molar-refractivity contribution is -0.143. The molecule has 4 rings (SSSR count). The van der Waals surface area contributed by atoms with Crippen LogP contribution in [0, 0.1) is 11.2 Å². The number of aromatic nitrogens is 2. The molecule has 1 saturated heterocycles. The van der Waals surface area contributed by atoms with E-state index in [1.54, 1.807) is 44.3 Å². The minimum absolute atomic E-state index is 0.239. The van der Waals surface area contributed by atoms with Crippen molar-refractivity contribution in [1.29, 1.82) is 0 Å². The number of hydrogen-bond donors (Lipinski definition) is 4. The molecule has 1 unspecified atom stereocenters. The van der Waals surface area contributed by atoms with Crippen LogP contribution in [0.3, 0.4) is 0 Å². The zero-order chi connectivity index (χ0) is 30.6. The normalized spacial score (nSPS) is 16.5. The average molecular weight is 580 g/mol. The molecule has 12 heteroatoms. The number of ether oxygens (including phenoxy) is 1.